The summed E-state index contributed by atoms with van der Waals surface area (Å²) in [5, 5.41) is 0. The third-order valence-corrected chi connectivity index (χ3v) is 3.83. The fraction of sp³-hybridized carbons (Fsp3) is 0.222. The summed E-state index contributed by atoms with van der Waals surface area (Å²) >= 11 is 0. The summed E-state index contributed by atoms with van der Waals surface area (Å²) in [7, 11) is 1.62. The van der Waals surface area contributed by atoms with Gasteiger partial charge in [-0.1, -0.05) is 42.5 Å². The smallest absolute Gasteiger partial charge is 0.259 e. The van der Waals surface area contributed by atoms with Gasteiger partial charge in [0.2, 0.25) is 0 Å². The molecule has 0 fully saturated rings. The highest BCUT2D eigenvalue weighted by molar-refractivity contribution is 5.97. The molecule has 5 nitrogen and oxygen atoms in total. The lowest BCUT2D eigenvalue weighted by molar-refractivity contribution is -0.122. The van der Waals surface area contributed by atoms with Crippen molar-refractivity contribution < 1.29 is 9.53 Å². The molecular weight excluding hydrogens is 326 g/mol. The molecule has 0 radical (unpaired) electrons. The second kappa shape index (κ2) is 8.36. The predicted molar refractivity (Wildman–Crippen MR) is 98.6 cm³/mol. The first-order valence-electron chi connectivity index (χ1n) is 7.28. The van der Waals surface area contributed by atoms with Crippen LogP contribution in [0.4, 0.5) is 0 Å². The molecule has 4 N–H and O–H groups in total. The highest BCUT2D eigenvalue weighted by atomic mass is 35.5. The normalized spacial score (nSPS) is 12.4. The van der Waals surface area contributed by atoms with E-state index in [0.29, 0.717) is 6.42 Å². The molecule has 6 heteroatoms. The standard InChI is InChI=1S/C18H21N3O2.ClH/c1-18(16(22)21-17(19)20,14-6-4-3-5-7-14)12-13-8-10-15(23-2)11-9-13;/h3-11H,12H2,1-2H3,(H4,19,20,21,22);1H. The van der Waals surface area contributed by atoms with Crippen molar-refractivity contribution in [1.29, 1.82) is 0 Å². The Hall–Kier alpha value is -2.53. The highest BCUT2D eigenvalue weighted by Gasteiger charge is 2.35. The maximum Gasteiger partial charge on any atom is 0.259 e. The van der Waals surface area contributed by atoms with Crippen molar-refractivity contribution >= 4 is 24.3 Å². The number of nitrogens with two attached hydrogens (primary N) is 2. The molecule has 1 amide bonds. The number of benzene rings is 2. The lowest BCUT2D eigenvalue weighted by Gasteiger charge is -2.27. The molecule has 24 heavy (non-hydrogen) atoms. The van der Waals surface area contributed by atoms with E-state index in [1.807, 2.05) is 61.5 Å². The number of hydrogen-bond acceptors (Lipinski definition) is 2. The Morgan fingerprint density at radius 2 is 1.67 bits per heavy atom. The number of hydrogen-bond donors (Lipinski definition) is 2. The average molecular weight is 348 g/mol. The van der Waals surface area contributed by atoms with Crippen LogP contribution in [0.25, 0.3) is 0 Å². The van der Waals surface area contributed by atoms with E-state index in [0.717, 1.165) is 16.9 Å². The second-order valence-corrected chi connectivity index (χ2v) is 5.56. The molecule has 2 aromatic carbocycles. The fourth-order valence-corrected chi connectivity index (χ4v) is 2.50. The van der Waals surface area contributed by atoms with Crippen molar-refractivity contribution in [3.05, 3.63) is 65.7 Å². The minimum absolute atomic E-state index is 0. The topological polar surface area (TPSA) is 90.7 Å². The Labute approximate surface area is 148 Å². The number of ether oxygens (including phenoxy) is 1. The Morgan fingerprint density at radius 3 is 2.17 bits per heavy atom. The number of carbonyl (C=O) groups is 1. The largest absolute Gasteiger partial charge is 0.497 e. The minimum atomic E-state index is -0.847. The zero-order valence-corrected chi connectivity index (χ0v) is 14.5. The van der Waals surface area contributed by atoms with Gasteiger partial charge in [0.05, 0.1) is 12.5 Å². The quantitative estimate of drug-likeness (QED) is 0.642. The van der Waals surface area contributed by atoms with Crippen LogP contribution in [0.15, 0.2) is 59.6 Å². The van der Waals surface area contributed by atoms with E-state index in [-0.39, 0.29) is 24.3 Å². The molecular formula is C18H22ClN3O2. The SMILES string of the molecule is COc1ccc(CC(C)(C(=O)N=C(N)N)c2ccccc2)cc1.Cl. The highest BCUT2D eigenvalue weighted by Crippen LogP contribution is 2.30. The molecule has 0 heterocycles. The zero-order chi connectivity index (χ0) is 16.9. The third kappa shape index (κ3) is 4.49. The van der Waals surface area contributed by atoms with E-state index in [4.69, 9.17) is 16.2 Å². The molecule has 1 atom stereocenters. The van der Waals surface area contributed by atoms with Crippen LogP contribution >= 0.6 is 12.4 Å². The van der Waals surface area contributed by atoms with Gasteiger partial charge in [-0.2, -0.15) is 4.99 Å². The molecule has 0 aliphatic heterocycles. The summed E-state index contributed by atoms with van der Waals surface area (Å²) in [4.78, 5) is 16.4. The van der Waals surface area contributed by atoms with Crippen molar-refractivity contribution in [2.75, 3.05) is 7.11 Å². The summed E-state index contributed by atoms with van der Waals surface area (Å²) in [6.45, 7) is 1.85. The van der Waals surface area contributed by atoms with Crippen molar-refractivity contribution in [2.24, 2.45) is 16.5 Å². The minimum Gasteiger partial charge on any atom is -0.497 e. The van der Waals surface area contributed by atoms with Crippen LogP contribution in [0.3, 0.4) is 0 Å². The number of methoxy groups -OCH3 is 1. The number of nitrogens with zero attached hydrogens (tertiary/aromatic N) is 1. The van der Waals surface area contributed by atoms with Crippen LogP contribution in [0.2, 0.25) is 0 Å². The number of aliphatic imine (C=N–C) groups is 1. The van der Waals surface area contributed by atoms with Gasteiger partial charge in [-0.3, -0.25) is 4.79 Å². The average Bonchev–Trinajstić information content (AvgIpc) is 2.55. The van der Waals surface area contributed by atoms with E-state index in [2.05, 4.69) is 4.99 Å². The van der Waals surface area contributed by atoms with Gasteiger partial charge in [0.15, 0.2) is 5.96 Å². The van der Waals surface area contributed by atoms with Crippen LogP contribution in [-0.4, -0.2) is 19.0 Å². The Bertz CT molecular complexity index is 698. The van der Waals surface area contributed by atoms with Crippen molar-refractivity contribution in [1.82, 2.24) is 0 Å². The summed E-state index contributed by atoms with van der Waals surface area (Å²) < 4.78 is 5.16. The predicted octanol–water partition coefficient (Wildman–Crippen LogP) is 2.42. The number of rotatable bonds is 5. The van der Waals surface area contributed by atoms with E-state index < -0.39 is 5.41 Å². The second-order valence-electron chi connectivity index (χ2n) is 5.56. The summed E-state index contributed by atoms with van der Waals surface area (Å²) in [5.74, 6) is 0.178. The number of guanidine groups is 1. The molecule has 2 rings (SSSR count). The maximum absolute atomic E-state index is 12.6. The van der Waals surface area contributed by atoms with Gasteiger partial charge in [0, 0.05) is 0 Å². The van der Waals surface area contributed by atoms with E-state index >= 15 is 0 Å². The van der Waals surface area contributed by atoms with Crippen molar-refractivity contribution in [3.63, 3.8) is 0 Å². The van der Waals surface area contributed by atoms with Gasteiger partial charge in [-0.25, -0.2) is 0 Å². The summed E-state index contributed by atoms with van der Waals surface area (Å²) in [6.07, 6.45) is 0.483. The molecule has 0 aliphatic carbocycles. The van der Waals surface area contributed by atoms with Crippen LogP contribution in [0.1, 0.15) is 18.1 Å². The van der Waals surface area contributed by atoms with Crippen LogP contribution in [0.5, 0.6) is 5.75 Å². The number of carbonyl (C=O) groups excluding carboxylic acids is 1. The van der Waals surface area contributed by atoms with Crippen LogP contribution in [0, 0.1) is 0 Å². The molecule has 0 aromatic heterocycles. The Morgan fingerprint density at radius 1 is 1.08 bits per heavy atom. The maximum atomic E-state index is 12.6. The monoisotopic (exact) mass is 347 g/mol. The molecule has 1 unspecified atom stereocenters. The van der Waals surface area contributed by atoms with Gasteiger partial charge >= 0.3 is 0 Å². The summed E-state index contributed by atoms with van der Waals surface area (Å²) in [6, 6.07) is 17.1. The van der Waals surface area contributed by atoms with Crippen molar-refractivity contribution in [2.45, 2.75) is 18.8 Å². The van der Waals surface area contributed by atoms with Crippen LogP contribution < -0.4 is 16.2 Å². The first-order valence-corrected chi connectivity index (χ1v) is 7.28. The molecule has 0 saturated carbocycles. The molecule has 0 saturated heterocycles. The molecule has 2 aromatic rings. The van der Waals surface area contributed by atoms with Crippen molar-refractivity contribution in [3.8, 4) is 5.75 Å². The van der Waals surface area contributed by atoms with Gasteiger partial charge in [0.1, 0.15) is 5.75 Å². The molecule has 128 valence electrons. The molecule has 0 aliphatic rings. The number of amides is 1. The molecule has 0 spiro atoms. The first kappa shape index (κ1) is 19.5. The van der Waals surface area contributed by atoms with Crippen LogP contribution in [-0.2, 0) is 16.6 Å². The van der Waals surface area contributed by atoms with Gasteiger partial charge in [-0.15, -0.1) is 12.4 Å². The first-order chi connectivity index (χ1) is 11.0. The lowest BCUT2D eigenvalue weighted by Crippen LogP contribution is -2.36. The Balaban J connectivity index is 0.00000288. The van der Waals surface area contributed by atoms with Gasteiger partial charge < -0.3 is 16.2 Å². The van der Waals surface area contributed by atoms with E-state index in [1.165, 1.54) is 0 Å². The van der Waals surface area contributed by atoms with Gasteiger partial charge in [0.25, 0.3) is 5.91 Å². The number of halogens is 1. The summed E-state index contributed by atoms with van der Waals surface area (Å²) in [5.41, 5.74) is 11.8. The molecule has 0 bridgehead atoms. The fourth-order valence-electron chi connectivity index (χ4n) is 2.50. The lowest BCUT2D eigenvalue weighted by atomic mass is 9.76. The third-order valence-electron chi connectivity index (χ3n) is 3.83. The van der Waals surface area contributed by atoms with E-state index in [9.17, 15) is 4.79 Å². The zero-order valence-electron chi connectivity index (χ0n) is 13.7. The van der Waals surface area contributed by atoms with Gasteiger partial charge in [-0.05, 0) is 36.6 Å². The van der Waals surface area contributed by atoms with E-state index in [1.54, 1.807) is 7.11 Å². The Kier molecular flexibility index (Phi) is 6.80.